The van der Waals surface area contributed by atoms with E-state index in [1.165, 1.54) is 5.01 Å². The lowest BCUT2D eigenvalue weighted by atomic mass is 10.2. The van der Waals surface area contributed by atoms with Gasteiger partial charge in [-0.2, -0.15) is 0 Å². The second-order valence-corrected chi connectivity index (χ2v) is 4.89. The minimum absolute atomic E-state index is 0.178. The Kier molecular flexibility index (Phi) is 4.31. The molecule has 0 aliphatic carbocycles. The molecule has 0 spiro atoms. The summed E-state index contributed by atoms with van der Waals surface area (Å²) in [5.74, 6) is 5.60. The van der Waals surface area contributed by atoms with Crippen molar-refractivity contribution in [1.29, 1.82) is 0 Å². The summed E-state index contributed by atoms with van der Waals surface area (Å²) in [6.07, 6.45) is 0. The quantitative estimate of drug-likeness (QED) is 0.493. The van der Waals surface area contributed by atoms with Crippen LogP contribution in [0.5, 0.6) is 0 Å². The van der Waals surface area contributed by atoms with Crippen molar-refractivity contribution in [2.45, 2.75) is 6.54 Å². The fourth-order valence-electron chi connectivity index (χ4n) is 0.926. The first kappa shape index (κ1) is 11.9. The highest BCUT2D eigenvalue weighted by molar-refractivity contribution is 9.11. The van der Waals surface area contributed by atoms with E-state index in [9.17, 15) is 0 Å². The maximum Gasteiger partial charge on any atom is 0.180 e. The van der Waals surface area contributed by atoms with Crippen LogP contribution in [0, 0.1) is 0 Å². The average Bonchev–Trinajstić information content (AvgIpc) is 2.11. The molecule has 1 aromatic carbocycles. The van der Waals surface area contributed by atoms with Gasteiger partial charge in [-0.3, -0.25) is 5.01 Å². The number of benzene rings is 1. The summed E-state index contributed by atoms with van der Waals surface area (Å²) < 4.78 is 1.97. The van der Waals surface area contributed by atoms with Crippen molar-refractivity contribution in [3.8, 4) is 0 Å². The predicted octanol–water partition coefficient (Wildman–Crippen LogP) is 2.13. The number of hydrogen-bond acceptors (Lipinski definition) is 2. The van der Waals surface area contributed by atoms with Crippen molar-refractivity contribution in [3.63, 3.8) is 0 Å². The number of hydrogen-bond donors (Lipinski definition) is 2. The van der Waals surface area contributed by atoms with E-state index >= 15 is 0 Å². The number of nitrogens with two attached hydrogens (primary N) is 2. The molecule has 0 unspecified atom stereocenters. The van der Waals surface area contributed by atoms with Gasteiger partial charge in [0.2, 0.25) is 0 Å². The van der Waals surface area contributed by atoms with Crippen molar-refractivity contribution in [1.82, 2.24) is 5.01 Å². The number of halogens is 2. The van der Waals surface area contributed by atoms with Crippen LogP contribution in [0.3, 0.4) is 0 Å². The Morgan fingerprint density at radius 1 is 1.43 bits per heavy atom. The van der Waals surface area contributed by atoms with Crippen LogP contribution in [0.4, 0.5) is 0 Å². The molecule has 0 heterocycles. The van der Waals surface area contributed by atoms with Crippen molar-refractivity contribution in [2.75, 3.05) is 0 Å². The molecule has 0 atom stereocenters. The van der Waals surface area contributed by atoms with E-state index < -0.39 is 0 Å². The Hall–Kier alpha value is -0.170. The molecule has 1 rings (SSSR count). The van der Waals surface area contributed by atoms with E-state index in [0.29, 0.717) is 6.54 Å². The number of rotatable bonds is 2. The van der Waals surface area contributed by atoms with Crippen LogP contribution in [0.1, 0.15) is 5.56 Å². The Bertz CT molecular complexity index is 356. The van der Waals surface area contributed by atoms with E-state index in [0.717, 1.165) is 14.5 Å². The maximum absolute atomic E-state index is 5.60. The van der Waals surface area contributed by atoms with Gasteiger partial charge in [0, 0.05) is 8.95 Å². The third-order valence-corrected chi connectivity index (χ3v) is 3.13. The summed E-state index contributed by atoms with van der Waals surface area (Å²) in [6, 6.07) is 5.84. The molecular weight excluding hydrogens is 330 g/mol. The van der Waals surface area contributed by atoms with Gasteiger partial charge in [0.25, 0.3) is 0 Å². The molecule has 14 heavy (non-hydrogen) atoms. The number of thiocarbonyl (C=S) groups is 1. The Balaban J connectivity index is 2.85. The summed E-state index contributed by atoms with van der Waals surface area (Å²) in [6.45, 7) is 0.482. The molecule has 0 aliphatic rings. The molecule has 1 aromatic rings. The van der Waals surface area contributed by atoms with Gasteiger partial charge in [0.15, 0.2) is 5.11 Å². The molecule has 6 heteroatoms. The third kappa shape index (κ3) is 3.20. The van der Waals surface area contributed by atoms with E-state index in [1.54, 1.807) is 0 Å². The van der Waals surface area contributed by atoms with E-state index in [4.69, 9.17) is 23.8 Å². The number of nitrogens with zero attached hydrogens (tertiary/aromatic N) is 1. The van der Waals surface area contributed by atoms with Crippen LogP contribution in [0.2, 0.25) is 0 Å². The summed E-state index contributed by atoms with van der Waals surface area (Å²) in [5, 5.41) is 1.50. The van der Waals surface area contributed by atoms with E-state index in [2.05, 4.69) is 31.9 Å². The average molecular weight is 339 g/mol. The van der Waals surface area contributed by atoms with Gasteiger partial charge in [-0.25, -0.2) is 5.84 Å². The molecular formula is C8H9Br2N3S. The van der Waals surface area contributed by atoms with Gasteiger partial charge in [-0.15, -0.1) is 0 Å². The zero-order valence-corrected chi connectivity index (χ0v) is 11.2. The van der Waals surface area contributed by atoms with Gasteiger partial charge < -0.3 is 5.73 Å². The van der Waals surface area contributed by atoms with Gasteiger partial charge in [0.1, 0.15) is 0 Å². The molecule has 0 saturated heterocycles. The lowest BCUT2D eigenvalue weighted by Gasteiger charge is -2.17. The standard InChI is InChI=1S/C8H9Br2N3S/c9-6-1-2-7(10)5(3-6)4-13(12)8(11)14/h1-3H,4,12H2,(H2,11,14). The molecule has 0 bridgehead atoms. The summed E-state index contributed by atoms with van der Waals surface area (Å²) in [4.78, 5) is 0. The second-order valence-electron chi connectivity index (χ2n) is 2.70. The van der Waals surface area contributed by atoms with Crippen molar-refractivity contribution < 1.29 is 0 Å². The van der Waals surface area contributed by atoms with Gasteiger partial charge in [0.05, 0.1) is 6.54 Å². The van der Waals surface area contributed by atoms with Crippen LogP contribution >= 0.6 is 44.1 Å². The van der Waals surface area contributed by atoms with Crippen LogP contribution in [-0.2, 0) is 6.54 Å². The predicted molar refractivity (Wildman–Crippen MR) is 68.4 cm³/mol. The normalized spacial score (nSPS) is 9.93. The molecule has 0 saturated carbocycles. The van der Waals surface area contributed by atoms with Crippen molar-refractivity contribution in [3.05, 3.63) is 32.7 Å². The maximum atomic E-state index is 5.60. The van der Waals surface area contributed by atoms with E-state index in [-0.39, 0.29) is 5.11 Å². The fraction of sp³-hybridized carbons (Fsp3) is 0.125. The lowest BCUT2D eigenvalue weighted by molar-refractivity contribution is 0.436. The minimum Gasteiger partial charge on any atom is -0.375 e. The van der Waals surface area contributed by atoms with Gasteiger partial charge in [-0.05, 0) is 36.0 Å². The zero-order valence-electron chi connectivity index (χ0n) is 7.21. The zero-order chi connectivity index (χ0) is 10.7. The lowest BCUT2D eigenvalue weighted by Crippen LogP contribution is -2.40. The Labute approximate surface area is 105 Å². The first-order chi connectivity index (χ1) is 6.50. The van der Waals surface area contributed by atoms with Crippen LogP contribution in [0.15, 0.2) is 27.1 Å². The summed E-state index contributed by atoms with van der Waals surface area (Å²) in [7, 11) is 0. The molecule has 0 amide bonds. The fourth-order valence-corrected chi connectivity index (χ4v) is 1.77. The second kappa shape index (κ2) is 5.06. The first-order valence-corrected chi connectivity index (χ1v) is 5.75. The highest BCUT2D eigenvalue weighted by Gasteiger charge is 2.05. The summed E-state index contributed by atoms with van der Waals surface area (Å²) >= 11 is 11.5. The molecule has 0 aliphatic heterocycles. The third-order valence-electron chi connectivity index (χ3n) is 1.63. The summed E-state index contributed by atoms with van der Waals surface area (Å²) in [5.41, 5.74) is 6.40. The smallest absolute Gasteiger partial charge is 0.180 e. The highest BCUT2D eigenvalue weighted by Crippen LogP contribution is 2.22. The van der Waals surface area contributed by atoms with Crippen LogP contribution < -0.4 is 11.6 Å². The minimum atomic E-state index is 0.178. The molecule has 0 radical (unpaired) electrons. The Morgan fingerprint density at radius 2 is 2.07 bits per heavy atom. The highest BCUT2D eigenvalue weighted by atomic mass is 79.9. The molecule has 0 fully saturated rings. The van der Waals surface area contributed by atoms with Gasteiger partial charge >= 0.3 is 0 Å². The van der Waals surface area contributed by atoms with Gasteiger partial charge in [-0.1, -0.05) is 31.9 Å². The van der Waals surface area contributed by atoms with Crippen molar-refractivity contribution in [2.24, 2.45) is 11.6 Å². The Morgan fingerprint density at radius 3 is 2.64 bits per heavy atom. The number of hydrazine groups is 1. The largest absolute Gasteiger partial charge is 0.375 e. The topological polar surface area (TPSA) is 55.3 Å². The SMILES string of the molecule is NC(=S)N(N)Cc1cc(Br)ccc1Br. The van der Waals surface area contributed by atoms with Crippen molar-refractivity contribution >= 4 is 49.2 Å². The molecule has 4 N–H and O–H groups in total. The first-order valence-electron chi connectivity index (χ1n) is 3.76. The molecule has 3 nitrogen and oxygen atoms in total. The van der Waals surface area contributed by atoms with E-state index in [1.807, 2.05) is 18.2 Å². The molecule has 0 aromatic heterocycles. The van der Waals surface area contributed by atoms with Crippen LogP contribution in [-0.4, -0.2) is 10.1 Å². The molecule has 76 valence electrons. The monoisotopic (exact) mass is 337 g/mol. The van der Waals surface area contributed by atoms with Crippen LogP contribution in [0.25, 0.3) is 0 Å².